The third kappa shape index (κ3) is 5.24. The van der Waals surface area contributed by atoms with Crippen molar-refractivity contribution in [1.82, 2.24) is 14.8 Å². The predicted octanol–water partition coefficient (Wildman–Crippen LogP) is 4.18. The maximum absolute atomic E-state index is 12.2. The minimum Gasteiger partial charge on any atom is -0.423 e. The van der Waals surface area contributed by atoms with Gasteiger partial charge in [0, 0.05) is 68.5 Å². The van der Waals surface area contributed by atoms with E-state index in [-0.39, 0.29) is 5.63 Å². The summed E-state index contributed by atoms with van der Waals surface area (Å²) in [6, 6.07) is 11.6. The molecule has 33 heavy (non-hydrogen) atoms. The van der Waals surface area contributed by atoms with Crippen LogP contribution in [0.25, 0.3) is 11.0 Å². The maximum Gasteiger partial charge on any atom is 0.336 e. The molecule has 174 valence electrons. The number of piperazine rings is 1. The van der Waals surface area contributed by atoms with Crippen molar-refractivity contribution < 1.29 is 4.42 Å². The fourth-order valence-corrected chi connectivity index (χ4v) is 5.39. The lowest BCUT2D eigenvalue weighted by atomic mass is 9.96. The highest BCUT2D eigenvalue weighted by molar-refractivity contribution is 6.32. The molecule has 1 unspecified atom stereocenters. The summed E-state index contributed by atoms with van der Waals surface area (Å²) in [5.74, 6) is 1.73. The first kappa shape index (κ1) is 22.4. The zero-order valence-electron chi connectivity index (χ0n) is 19.2. The second kappa shape index (κ2) is 9.84. The minimum atomic E-state index is -0.293. The Balaban J connectivity index is 1.21. The molecule has 1 atom stereocenters. The monoisotopic (exact) mass is 466 g/mol. The van der Waals surface area contributed by atoms with Gasteiger partial charge in [-0.15, -0.1) is 0 Å². The van der Waals surface area contributed by atoms with E-state index >= 15 is 0 Å². The highest BCUT2D eigenvalue weighted by Crippen LogP contribution is 2.27. The van der Waals surface area contributed by atoms with E-state index in [0.717, 1.165) is 74.7 Å². The Morgan fingerprint density at radius 2 is 1.94 bits per heavy atom. The normalized spacial score (nSPS) is 20.4. The van der Waals surface area contributed by atoms with Crippen LogP contribution in [0.15, 0.2) is 51.8 Å². The molecule has 5 rings (SSSR count). The molecule has 0 spiro atoms. The predicted molar refractivity (Wildman–Crippen MR) is 133 cm³/mol. The van der Waals surface area contributed by atoms with Crippen LogP contribution in [0.2, 0.25) is 5.02 Å². The number of benzene rings is 1. The van der Waals surface area contributed by atoms with Gasteiger partial charge in [-0.25, -0.2) is 9.78 Å². The number of hydrogen-bond donors (Lipinski definition) is 0. The molecule has 2 saturated heterocycles. The lowest BCUT2D eigenvalue weighted by molar-refractivity contribution is 0.125. The van der Waals surface area contributed by atoms with E-state index in [2.05, 4.69) is 31.8 Å². The number of hydrogen-bond acceptors (Lipinski definition) is 6. The van der Waals surface area contributed by atoms with Gasteiger partial charge < -0.3 is 9.32 Å². The Bertz CT molecular complexity index is 1160. The van der Waals surface area contributed by atoms with Crippen molar-refractivity contribution >= 4 is 28.4 Å². The molecular formula is C26H31ClN4O2. The summed E-state index contributed by atoms with van der Waals surface area (Å²) in [6.07, 6.45) is 4.32. The van der Waals surface area contributed by atoms with Gasteiger partial charge in [0.15, 0.2) is 0 Å². The molecule has 0 N–H and O–H groups in total. The van der Waals surface area contributed by atoms with Crippen LogP contribution in [-0.2, 0) is 6.54 Å². The molecule has 2 aliphatic rings. The summed E-state index contributed by atoms with van der Waals surface area (Å²) in [5.41, 5.74) is 2.26. The molecule has 0 amide bonds. The fraction of sp³-hybridized carbons (Fsp3) is 0.462. The Morgan fingerprint density at radius 1 is 1.09 bits per heavy atom. The molecule has 3 aromatic rings. The topological polar surface area (TPSA) is 52.8 Å². The molecule has 2 aliphatic heterocycles. The van der Waals surface area contributed by atoms with Crippen LogP contribution >= 0.6 is 11.6 Å². The molecule has 0 saturated carbocycles. The average molecular weight is 467 g/mol. The third-order valence-electron chi connectivity index (χ3n) is 6.97. The van der Waals surface area contributed by atoms with Gasteiger partial charge in [0.1, 0.15) is 11.4 Å². The number of rotatable bonds is 5. The van der Waals surface area contributed by atoms with E-state index < -0.39 is 0 Å². The molecule has 0 radical (unpaired) electrons. The molecule has 7 heteroatoms. The van der Waals surface area contributed by atoms with Gasteiger partial charge in [-0.1, -0.05) is 17.7 Å². The SMILES string of the molecule is Cc1cc2oc(=O)cc(CN3CCCC(CN4CCN(c5ccccn5)CC4)C3)c2cc1Cl. The lowest BCUT2D eigenvalue weighted by Crippen LogP contribution is -2.49. The van der Waals surface area contributed by atoms with E-state index in [1.807, 2.05) is 31.3 Å². The summed E-state index contributed by atoms with van der Waals surface area (Å²) < 4.78 is 5.44. The summed E-state index contributed by atoms with van der Waals surface area (Å²) >= 11 is 6.38. The number of fused-ring (bicyclic) bond motifs is 1. The first-order chi connectivity index (χ1) is 16.0. The van der Waals surface area contributed by atoms with Crippen molar-refractivity contribution in [3.63, 3.8) is 0 Å². The van der Waals surface area contributed by atoms with E-state index in [1.54, 1.807) is 6.07 Å². The standard InChI is InChI=1S/C26H31ClN4O2/c1-19-13-24-22(15-23(19)27)21(14-26(32)33-24)18-30-8-4-5-20(17-30)16-29-9-11-31(12-10-29)25-6-2-3-7-28-25/h2-3,6-7,13-15,20H,4-5,8-12,16-18H2,1H3. The van der Waals surface area contributed by atoms with Crippen LogP contribution in [0.4, 0.5) is 5.82 Å². The lowest BCUT2D eigenvalue weighted by Gasteiger charge is -2.39. The van der Waals surface area contributed by atoms with Gasteiger partial charge in [0.2, 0.25) is 0 Å². The first-order valence-corrected chi connectivity index (χ1v) is 12.3. The van der Waals surface area contributed by atoms with E-state index in [9.17, 15) is 4.79 Å². The zero-order valence-corrected chi connectivity index (χ0v) is 19.9. The van der Waals surface area contributed by atoms with Gasteiger partial charge >= 0.3 is 5.63 Å². The number of nitrogens with zero attached hydrogens (tertiary/aromatic N) is 4. The Labute approximate surface area is 199 Å². The van der Waals surface area contributed by atoms with Gasteiger partial charge in [-0.2, -0.15) is 0 Å². The number of halogens is 1. The second-order valence-electron chi connectivity index (χ2n) is 9.41. The molecule has 6 nitrogen and oxygen atoms in total. The Kier molecular flexibility index (Phi) is 6.67. The molecule has 0 aliphatic carbocycles. The van der Waals surface area contributed by atoms with E-state index in [4.69, 9.17) is 16.0 Å². The zero-order chi connectivity index (χ0) is 22.8. The third-order valence-corrected chi connectivity index (χ3v) is 7.38. The van der Waals surface area contributed by atoms with Crippen LogP contribution in [0.5, 0.6) is 0 Å². The Morgan fingerprint density at radius 3 is 2.73 bits per heavy atom. The highest BCUT2D eigenvalue weighted by Gasteiger charge is 2.25. The molecule has 1 aromatic carbocycles. The highest BCUT2D eigenvalue weighted by atomic mass is 35.5. The molecule has 0 bridgehead atoms. The number of anilines is 1. The largest absolute Gasteiger partial charge is 0.423 e. The van der Waals surface area contributed by atoms with Crippen LogP contribution in [0, 0.1) is 12.8 Å². The van der Waals surface area contributed by atoms with Gasteiger partial charge in [0.05, 0.1) is 0 Å². The van der Waals surface area contributed by atoms with Crippen molar-refractivity contribution in [2.45, 2.75) is 26.3 Å². The smallest absolute Gasteiger partial charge is 0.336 e. The van der Waals surface area contributed by atoms with Crippen molar-refractivity contribution in [2.24, 2.45) is 5.92 Å². The number of aryl methyl sites for hydroxylation is 1. The van der Waals surface area contributed by atoms with Crippen molar-refractivity contribution in [1.29, 1.82) is 0 Å². The summed E-state index contributed by atoms with van der Waals surface area (Å²) in [4.78, 5) is 24.1. The van der Waals surface area contributed by atoms with E-state index in [0.29, 0.717) is 16.5 Å². The van der Waals surface area contributed by atoms with Crippen LogP contribution in [0.3, 0.4) is 0 Å². The quantitative estimate of drug-likeness (QED) is 0.526. The van der Waals surface area contributed by atoms with Crippen LogP contribution < -0.4 is 10.5 Å². The van der Waals surface area contributed by atoms with Gasteiger partial charge in [0.25, 0.3) is 0 Å². The average Bonchev–Trinajstić information content (AvgIpc) is 2.82. The van der Waals surface area contributed by atoms with Crippen LogP contribution in [-0.4, -0.2) is 60.6 Å². The Hall–Kier alpha value is -2.41. The molecular weight excluding hydrogens is 436 g/mol. The minimum absolute atomic E-state index is 0.293. The maximum atomic E-state index is 12.2. The first-order valence-electron chi connectivity index (χ1n) is 11.9. The number of likely N-dealkylation sites (tertiary alicyclic amines) is 1. The molecule has 2 aromatic heterocycles. The second-order valence-corrected chi connectivity index (χ2v) is 9.81. The molecule has 2 fully saturated rings. The van der Waals surface area contributed by atoms with Gasteiger partial charge in [-0.05, 0) is 67.6 Å². The van der Waals surface area contributed by atoms with Crippen LogP contribution in [0.1, 0.15) is 24.0 Å². The summed E-state index contributed by atoms with van der Waals surface area (Å²) in [7, 11) is 0. The summed E-state index contributed by atoms with van der Waals surface area (Å²) in [5, 5.41) is 1.65. The number of pyridine rings is 1. The molecule has 4 heterocycles. The number of piperidine rings is 1. The summed E-state index contributed by atoms with van der Waals surface area (Å²) in [6.45, 7) is 10.1. The number of aromatic nitrogens is 1. The van der Waals surface area contributed by atoms with Gasteiger partial charge in [-0.3, -0.25) is 9.80 Å². The van der Waals surface area contributed by atoms with E-state index in [1.165, 1.54) is 12.8 Å². The van der Waals surface area contributed by atoms with Crippen molar-refractivity contribution in [3.05, 3.63) is 69.2 Å². The van der Waals surface area contributed by atoms with Crippen molar-refractivity contribution in [2.75, 3.05) is 50.7 Å². The van der Waals surface area contributed by atoms with Crippen molar-refractivity contribution in [3.8, 4) is 0 Å². The fourth-order valence-electron chi connectivity index (χ4n) is 5.23.